The van der Waals surface area contributed by atoms with E-state index in [4.69, 9.17) is 9.47 Å². The van der Waals surface area contributed by atoms with Gasteiger partial charge in [0.15, 0.2) is 0 Å². The molecule has 0 aliphatic heterocycles. The largest absolute Gasteiger partial charge is 0.497 e. The fourth-order valence-electron chi connectivity index (χ4n) is 2.76. The quantitative estimate of drug-likeness (QED) is 0.655. The number of carbonyl (C=O) groups excluding carboxylic acids is 1. The maximum atomic E-state index is 13.0. The number of hydrogen-bond donors (Lipinski definition) is 0. The first-order valence-electron chi connectivity index (χ1n) is 7.81. The van der Waals surface area contributed by atoms with Crippen LogP contribution in [-0.2, 0) is 9.53 Å². The molecule has 7 heteroatoms. The Morgan fingerprint density at radius 2 is 2.00 bits per heavy atom. The summed E-state index contributed by atoms with van der Waals surface area (Å²) in [6.45, 7) is 1.83. The summed E-state index contributed by atoms with van der Waals surface area (Å²) in [4.78, 5) is 30.0. The molecular formula is C18H18N2O4S. The van der Waals surface area contributed by atoms with Crippen molar-refractivity contribution >= 4 is 27.5 Å². The molecule has 1 unspecified atom stereocenters. The van der Waals surface area contributed by atoms with Crippen LogP contribution in [0.5, 0.6) is 5.75 Å². The zero-order valence-electron chi connectivity index (χ0n) is 14.2. The van der Waals surface area contributed by atoms with Crippen molar-refractivity contribution < 1.29 is 14.3 Å². The minimum absolute atomic E-state index is 0.241. The lowest BCUT2D eigenvalue weighted by molar-refractivity contribution is -0.144. The molecular weight excluding hydrogens is 340 g/mol. The molecule has 130 valence electrons. The van der Waals surface area contributed by atoms with Crippen LogP contribution in [0.2, 0.25) is 0 Å². The van der Waals surface area contributed by atoms with Gasteiger partial charge in [-0.1, -0.05) is 19.1 Å². The van der Waals surface area contributed by atoms with Gasteiger partial charge in [0.05, 0.1) is 25.9 Å². The lowest BCUT2D eigenvalue weighted by Gasteiger charge is -2.15. The van der Waals surface area contributed by atoms with E-state index in [1.807, 2.05) is 36.6 Å². The summed E-state index contributed by atoms with van der Waals surface area (Å²) in [5, 5.41) is 2.42. The number of esters is 1. The molecule has 6 nitrogen and oxygen atoms in total. The van der Waals surface area contributed by atoms with E-state index < -0.39 is 12.0 Å². The summed E-state index contributed by atoms with van der Waals surface area (Å²) < 4.78 is 11.3. The molecule has 2 heterocycles. The molecule has 25 heavy (non-hydrogen) atoms. The summed E-state index contributed by atoms with van der Waals surface area (Å²) in [6, 6.07) is 6.80. The van der Waals surface area contributed by atoms with Crippen LogP contribution in [0, 0.1) is 0 Å². The van der Waals surface area contributed by atoms with Gasteiger partial charge in [-0.05, 0) is 24.1 Å². The Balaban J connectivity index is 2.17. The highest BCUT2D eigenvalue weighted by molar-refractivity contribution is 7.17. The van der Waals surface area contributed by atoms with Gasteiger partial charge in [0.2, 0.25) is 0 Å². The number of thiophene rings is 1. The summed E-state index contributed by atoms with van der Waals surface area (Å²) in [5.41, 5.74) is 1.46. The highest BCUT2D eigenvalue weighted by Crippen LogP contribution is 2.32. The fraction of sp³-hybridized carbons (Fsp3) is 0.278. The fourth-order valence-corrected chi connectivity index (χ4v) is 3.67. The van der Waals surface area contributed by atoms with Crippen molar-refractivity contribution in [3.63, 3.8) is 0 Å². The van der Waals surface area contributed by atoms with Crippen LogP contribution in [0.3, 0.4) is 0 Å². The standard InChI is InChI=1S/C18H18N2O4S/c1-4-14(18(22)24-3)20-10-19-16-15(17(20)21)13(9-25-16)11-5-7-12(23-2)8-6-11/h5-10,14H,4H2,1-3H3. The van der Waals surface area contributed by atoms with Crippen LogP contribution < -0.4 is 10.3 Å². The second-order valence-electron chi connectivity index (χ2n) is 5.46. The van der Waals surface area contributed by atoms with E-state index in [1.54, 1.807) is 7.11 Å². The van der Waals surface area contributed by atoms with E-state index in [2.05, 4.69) is 4.98 Å². The SMILES string of the molecule is CCC(C(=O)OC)n1cnc2scc(-c3ccc(OC)cc3)c2c1=O. The molecule has 0 N–H and O–H groups in total. The van der Waals surface area contributed by atoms with Crippen molar-refractivity contribution in [3.8, 4) is 16.9 Å². The molecule has 2 aromatic heterocycles. The van der Waals surface area contributed by atoms with Crippen LogP contribution in [0.4, 0.5) is 0 Å². The Hall–Kier alpha value is -2.67. The number of carbonyl (C=O) groups is 1. The highest BCUT2D eigenvalue weighted by Gasteiger charge is 2.23. The minimum Gasteiger partial charge on any atom is -0.497 e. The first kappa shape index (κ1) is 17.2. The number of fused-ring (bicyclic) bond motifs is 1. The van der Waals surface area contributed by atoms with Crippen molar-refractivity contribution in [3.05, 3.63) is 46.3 Å². The summed E-state index contributed by atoms with van der Waals surface area (Å²) >= 11 is 1.40. The van der Waals surface area contributed by atoms with Crippen LogP contribution in [-0.4, -0.2) is 29.7 Å². The van der Waals surface area contributed by atoms with E-state index in [0.717, 1.165) is 16.9 Å². The monoisotopic (exact) mass is 358 g/mol. The van der Waals surface area contributed by atoms with Gasteiger partial charge in [-0.2, -0.15) is 0 Å². The number of hydrogen-bond acceptors (Lipinski definition) is 6. The molecule has 3 aromatic rings. The Morgan fingerprint density at radius 3 is 2.60 bits per heavy atom. The number of methoxy groups -OCH3 is 2. The smallest absolute Gasteiger partial charge is 0.329 e. The van der Waals surface area contributed by atoms with Crippen LogP contribution in [0.25, 0.3) is 21.3 Å². The molecule has 0 aliphatic carbocycles. The maximum absolute atomic E-state index is 13.0. The first-order valence-corrected chi connectivity index (χ1v) is 8.69. The van der Waals surface area contributed by atoms with Gasteiger partial charge in [-0.3, -0.25) is 9.36 Å². The molecule has 1 aromatic carbocycles. The minimum atomic E-state index is -0.682. The summed E-state index contributed by atoms with van der Waals surface area (Å²) in [5.74, 6) is 0.294. The third-order valence-electron chi connectivity index (χ3n) is 4.12. The zero-order valence-corrected chi connectivity index (χ0v) is 15.0. The van der Waals surface area contributed by atoms with Crippen molar-refractivity contribution in [1.82, 2.24) is 9.55 Å². The van der Waals surface area contributed by atoms with Crippen molar-refractivity contribution in [2.75, 3.05) is 14.2 Å². The van der Waals surface area contributed by atoms with Crippen molar-refractivity contribution in [2.45, 2.75) is 19.4 Å². The van der Waals surface area contributed by atoms with Crippen molar-refractivity contribution in [2.24, 2.45) is 0 Å². The molecule has 0 aliphatic rings. The van der Waals surface area contributed by atoms with Crippen LogP contribution in [0.15, 0.2) is 40.8 Å². The van der Waals surface area contributed by atoms with Gasteiger partial charge in [0.25, 0.3) is 5.56 Å². The maximum Gasteiger partial charge on any atom is 0.329 e. The Bertz CT molecular complexity index is 959. The van der Waals surface area contributed by atoms with Gasteiger partial charge in [-0.25, -0.2) is 9.78 Å². The zero-order chi connectivity index (χ0) is 18.0. The van der Waals surface area contributed by atoms with Crippen molar-refractivity contribution in [1.29, 1.82) is 0 Å². The summed E-state index contributed by atoms with van der Waals surface area (Å²) in [7, 11) is 2.92. The third kappa shape index (κ3) is 3.02. The number of nitrogens with zero attached hydrogens (tertiary/aromatic N) is 2. The van der Waals surface area contributed by atoms with Gasteiger partial charge < -0.3 is 9.47 Å². The van der Waals surface area contributed by atoms with Gasteiger partial charge in [-0.15, -0.1) is 11.3 Å². The lowest BCUT2D eigenvalue weighted by Crippen LogP contribution is -2.30. The number of rotatable bonds is 5. The molecule has 0 radical (unpaired) electrons. The van der Waals surface area contributed by atoms with E-state index in [1.165, 1.54) is 29.3 Å². The van der Waals surface area contributed by atoms with Crippen LogP contribution in [0.1, 0.15) is 19.4 Å². The Kier molecular flexibility index (Phi) is 4.85. The van der Waals surface area contributed by atoms with E-state index in [9.17, 15) is 9.59 Å². The molecule has 0 amide bonds. The molecule has 3 rings (SSSR count). The topological polar surface area (TPSA) is 70.4 Å². The lowest BCUT2D eigenvalue weighted by atomic mass is 10.1. The highest BCUT2D eigenvalue weighted by atomic mass is 32.1. The van der Waals surface area contributed by atoms with E-state index in [0.29, 0.717) is 16.6 Å². The third-order valence-corrected chi connectivity index (χ3v) is 5.00. The van der Waals surface area contributed by atoms with Gasteiger partial charge >= 0.3 is 5.97 Å². The van der Waals surface area contributed by atoms with Crippen LogP contribution >= 0.6 is 11.3 Å². The average Bonchev–Trinajstić information content (AvgIpc) is 3.09. The van der Waals surface area contributed by atoms with Gasteiger partial charge in [0, 0.05) is 10.9 Å². The average molecular weight is 358 g/mol. The molecule has 1 atom stereocenters. The van der Waals surface area contributed by atoms with E-state index >= 15 is 0 Å². The molecule has 0 spiro atoms. The second kappa shape index (κ2) is 7.06. The number of benzene rings is 1. The first-order chi connectivity index (χ1) is 12.1. The van der Waals surface area contributed by atoms with Gasteiger partial charge in [0.1, 0.15) is 16.6 Å². The predicted octanol–water partition coefficient (Wildman–Crippen LogP) is 3.26. The Labute approximate surface area is 148 Å². The second-order valence-corrected chi connectivity index (χ2v) is 6.32. The molecule has 0 saturated heterocycles. The molecule has 0 fully saturated rings. The summed E-state index contributed by atoms with van der Waals surface area (Å²) in [6.07, 6.45) is 1.87. The number of ether oxygens (including phenoxy) is 2. The normalized spacial score (nSPS) is 12.1. The molecule has 0 saturated carbocycles. The van der Waals surface area contributed by atoms with E-state index in [-0.39, 0.29) is 5.56 Å². The molecule has 0 bridgehead atoms. The predicted molar refractivity (Wildman–Crippen MR) is 97.2 cm³/mol. The Morgan fingerprint density at radius 1 is 1.28 bits per heavy atom. The number of aromatic nitrogens is 2.